The quantitative estimate of drug-likeness (QED) is 0.904. The van der Waals surface area contributed by atoms with Crippen molar-refractivity contribution in [3.63, 3.8) is 0 Å². The van der Waals surface area contributed by atoms with Gasteiger partial charge < -0.3 is 10.5 Å². The lowest BCUT2D eigenvalue weighted by Crippen LogP contribution is -2.19. The predicted molar refractivity (Wildman–Crippen MR) is 88.7 cm³/mol. The number of aryl methyl sites for hydroxylation is 1. The van der Waals surface area contributed by atoms with Crippen LogP contribution in [0.3, 0.4) is 0 Å². The fourth-order valence-electron chi connectivity index (χ4n) is 2.38. The summed E-state index contributed by atoms with van der Waals surface area (Å²) in [7, 11) is 0. The maximum atomic E-state index is 6.07. The van der Waals surface area contributed by atoms with E-state index in [1.807, 2.05) is 24.3 Å². The van der Waals surface area contributed by atoms with Crippen molar-refractivity contribution >= 4 is 0 Å². The molecule has 0 amide bonds. The summed E-state index contributed by atoms with van der Waals surface area (Å²) in [5.74, 6) is 0.863. The molecule has 1 unspecified atom stereocenters. The molecule has 0 aliphatic carbocycles. The first-order valence-electron chi connectivity index (χ1n) is 7.44. The van der Waals surface area contributed by atoms with Crippen molar-refractivity contribution in [3.8, 4) is 5.75 Å². The molecule has 2 rings (SSSR count). The van der Waals surface area contributed by atoms with Gasteiger partial charge in [-0.1, -0.05) is 57.2 Å². The molecule has 0 saturated heterocycles. The minimum atomic E-state index is -0.105. The molecule has 0 bridgehead atoms. The van der Waals surface area contributed by atoms with Crippen molar-refractivity contribution in [1.29, 1.82) is 0 Å². The Hall–Kier alpha value is -1.80. The van der Waals surface area contributed by atoms with Gasteiger partial charge in [0.05, 0.1) is 0 Å². The summed E-state index contributed by atoms with van der Waals surface area (Å²) in [4.78, 5) is 0. The predicted octanol–water partition coefficient (Wildman–Crippen LogP) is 4.37. The van der Waals surface area contributed by atoms with E-state index in [1.165, 1.54) is 11.1 Å². The summed E-state index contributed by atoms with van der Waals surface area (Å²) in [5.41, 5.74) is 9.71. The summed E-state index contributed by atoms with van der Waals surface area (Å²) in [5, 5.41) is 0. The molecule has 1 atom stereocenters. The van der Waals surface area contributed by atoms with Crippen LogP contribution in [0.1, 0.15) is 43.6 Å². The van der Waals surface area contributed by atoms with Crippen molar-refractivity contribution in [2.24, 2.45) is 5.73 Å². The highest BCUT2D eigenvalue weighted by molar-refractivity contribution is 5.33. The third kappa shape index (κ3) is 3.85. The Bertz CT molecular complexity index is 581. The lowest BCUT2D eigenvalue weighted by molar-refractivity contribution is 0.213. The van der Waals surface area contributed by atoms with E-state index in [0.29, 0.717) is 6.54 Å². The van der Waals surface area contributed by atoms with Gasteiger partial charge in [-0.2, -0.15) is 0 Å². The Kier molecular flexibility index (Phi) is 4.69. The summed E-state index contributed by atoms with van der Waals surface area (Å²) >= 11 is 0. The van der Waals surface area contributed by atoms with E-state index in [0.717, 1.165) is 11.3 Å². The Balaban J connectivity index is 2.18. The topological polar surface area (TPSA) is 35.2 Å². The van der Waals surface area contributed by atoms with Crippen molar-refractivity contribution < 1.29 is 4.74 Å². The van der Waals surface area contributed by atoms with Crippen LogP contribution in [0, 0.1) is 6.92 Å². The molecule has 0 fully saturated rings. The lowest BCUT2D eigenvalue weighted by atomic mass is 9.87. The average Bonchev–Trinajstić information content (AvgIpc) is 2.45. The van der Waals surface area contributed by atoms with E-state index in [2.05, 4.69) is 52.0 Å². The largest absolute Gasteiger partial charge is 0.484 e. The standard InChI is InChI=1S/C19H25NO/c1-14-7-5-6-8-17(14)18(13-20)21-16-11-9-15(10-12-16)19(2,3)4/h5-12,18H,13,20H2,1-4H3. The number of hydrogen-bond acceptors (Lipinski definition) is 2. The minimum absolute atomic E-state index is 0.105. The number of ether oxygens (including phenoxy) is 1. The van der Waals surface area contributed by atoms with Gasteiger partial charge in [-0.05, 0) is 41.2 Å². The molecule has 0 saturated carbocycles. The second-order valence-corrected chi connectivity index (χ2v) is 6.47. The van der Waals surface area contributed by atoms with E-state index in [-0.39, 0.29) is 11.5 Å². The third-order valence-corrected chi connectivity index (χ3v) is 3.75. The molecule has 21 heavy (non-hydrogen) atoms. The van der Waals surface area contributed by atoms with E-state index in [1.54, 1.807) is 0 Å². The monoisotopic (exact) mass is 283 g/mol. The Morgan fingerprint density at radius 2 is 1.62 bits per heavy atom. The Morgan fingerprint density at radius 1 is 1.00 bits per heavy atom. The molecule has 112 valence electrons. The first-order valence-corrected chi connectivity index (χ1v) is 7.44. The molecular formula is C19H25NO. The maximum Gasteiger partial charge on any atom is 0.136 e. The SMILES string of the molecule is Cc1ccccc1C(CN)Oc1ccc(C(C)(C)C)cc1. The lowest BCUT2D eigenvalue weighted by Gasteiger charge is -2.22. The highest BCUT2D eigenvalue weighted by atomic mass is 16.5. The molecule has 0 aromatic heterocycles. The number of nitrogens with two attached hydrogens (primary N) is 1. The van der Waals surface area contributed by atoms with Gasteiger partial charge >= 0.3 is 0 Å². The van der Waals surface area contributed by atoms with E-state index in [9.17, 15) is 0 Å². The number of rotatable bonds is 4. The number of benzene rings is 2. The second-order valence-electron chi connectivity index (χ2n) is 6.47. The molecule has 0 aliphatic heterocycles. The summed E-state index contributed by atoms with van der Waals surface area (Å²) in [6, 6.07) is 16.5. The smallest absolute Gasteiger partial charge is 0.136 e. The molecule has 2 aromatic rings. The van der Waals surface area contributed by atoms with Gasteiger partial charge in [-0.25, -0.2) is 0 Å². The highest BCUT2D eigenvalue weighted by Gasteiger charge is 2.16. The molecule has 2 nitrogen and oxygen atoms in total. The fraction of sp³-hybridized carbons (Fsp3) is 0.368. The molecule has 2 N–H and O–H groups in total. The molecule has 2 aromatic carbocycles. The molecule has 0 aliphatic rings. The van der Waals surface area contributed by atoms with Crippen molar-refractivity contribution in [2.45, 2.75) is 39.2 Å². The number of hydrogen-bond donors (Lipinski definition) is 1. The van der Waals surface area contributed by atoms with Crippen LogP contribution in [-0.4, -0.2) is 6.54 Å². The van der Waals surface area contributed by atoms with Crippen LogP contribution < -0.4 is 10.5 Å². The molecule has 0 radical (unpaired) electrons. The zero-order valence-corrected chi connectivity index (χ0v) is 13.4. The van der Waals surface area contributed by atoms with E-state index in [4.69, 9.17) is 10.5 Å². The van der Waals surface area contributed by atoms with Crippen LogP contribution in [0.15, 0.2) is 48.5 Å². The van der Waals surface area contributed by atoms with Gasteiger partial charge in [0, 0.05) is 6.54 Å². The first-order chi connectivity index (χ1) is 9.91. The molecule has 0 heterocycles. The summed E-state index contributed by atoms with van der Waals surface area (Å²) < 4.78 is 6.07. The van der Waals surface area contributed by atoms with Crippen molar-refractivity contribution in [2.75, 3.05) is 6.54 Å². The second kappa shape index (κ2) is 6.31. The van der Waals surface area contributed by atoms with Crippen LogP contribution >= 0.6 is 0 Å². The first kappa shape index (κ1) is 15.6. The zero-order valence-electron chi connectivity index (χ0n) is 13.4. The minimum Gasteiger partial charge on any atom is -0.484 e. The molecular weight excluding hydrogens is 258 g/mol. The molecule has 0 spiro atoms. The van der Waals surface area contributed by atoms with Crippen molar-refractivity contribution in [1.82, 2.24) is 0 Å². The van der Waals surface area contributed by atoms with Crippen LogP contribution in [0.25, 0.3) is 0 Å². The maximum absolute atomic E-state index is 6.07. The van der Waals surface area contributed by atoms with Crippen LogP contribution in [0.2, 0.25) is 0 Å². The normalized spacial score (nSPS) is 13.0. The fourth-order valence-corrected chi connectivity index (χ4v) is 2.38. The van der Waals surface area contributed by atoms with Gasteiger partial charge in [0.15, 0.2) is 0 Å². The Morgan fingerprint density at radius 3 is 2.14 bits per heavy atom. The van der Waals surface area contributed by atoms with Crippen LogP contribution in [0.4, 0.5) is 0 Å². The van der Waals surface area contributed by atoms with E-state index < -0.39 is 0 Å². The molecule has 2 heteroatoms. The van der Waals surface area contributed by atoms with Crippen molar-refractivity contribution in [3.05, 3.63) is 65.2 Å². The van der Waals surface area contributed by atoms with Gasteiger partial charge in [0.25, 0.3) is 0 Å². The van der Waals surface area contributed by atoms with Crippen LogP contribution in [0.5, 0.6) is 5.75 Å². The Labute approximate surface area is 127 Å². The average molecular weight is 283 g/mol. The van der Waals surface area contributed by atoms with Gasteiger partial charge in [-0.3, -0.25) is 0 Å². The van der Waals surface area contributed by atoms with Gasteiger partial charge in [-0.15, -0.1) is 0 Å². The summed E-state index contributed by atoms with van der Waals surface area (Å²) in [6.45, 7) is 9.17. The van der Waals surface area contributed by atoms with Gasteiger partial charge in [0.2, 0.25) is 0 Å². The van der Waals surface area contributed by atoms with E-state index >= 15 is 0 Å². The third-order valence-electron chi connectivity index (χ3n) is 3.75. The van der Waals surface area contributed by atoms with Gasteiger partial charge in [0.1, 0.15) is 11.9 Å². The highest BCUT2D eigenvalue weighted by Crippen LogP contribution is 2.27. The zero-order chi connectivity index (χ0) is 15.5. The van der Waals surface area contributed by atoms with Crippen LogP contribution in [-0.2, 0) is 5.41 Å². The summed E-state index contributed by atoms with van der Waals surface area (Å²) in [6.07, 6.45) is -0.105.